The van der Waals surface area contributed by atoms with Gasteiger partial charge in [-0.1, -0.05) is 26.7 Å². The number of carboxylic acid groups (broad SMARTS) is 1. The molecule has 2 rings (SSSR count). The zero-order valence-electron chi connectivity index (χ0n) is 15.8. The van der Waals surface area contributed by atoms with E-state index in [9.17, 15) is 19.5 Å². The molecular formula is C20H25NO6. The zero-order chi connectivity index (χ0) is 20.0. The molecule has 7 nitrogen and oxygen atoms in total. The molecule has 0 aliphatic rings. The van der Waals surface area contributed by atoms with E-state index in [1.807, 2.05) is 13.8 Å². The smallest absolute Gasteiger partial charge is 0.336 e. The third-order valence-electron chi connectivity index (χ3n) is 4.42. The van der Waals surface area contributed by atoms with Gasteiger partial charge in [-0.05, 0) is 37.5 Å². The lowest BCUT2D eigenvalue weighted by Crippen LogP contribution is -2.42. The number of unbranched alkanes of at least 4 members (excludes halogenated alkanes) is 1. The van der Waals surface area contributed by atoms with E-state index in [0.717, 1.165) is 17.4 Å². The molecule has 0 unspecified atom stereocenters. The fourth-order valence-electron chi connectivity index (χ4n) is 2.90. The quantitative estimate of drug-likeness (QED) is 0.653. The number of hydrogen-bond donors (Lipinski definition) is 2. The molecule has 0 spiro atoms. The van der Waals surface area contributed by atoms with E-state index in [1.54, 1.807) is 19.1 Å². The number of amides is 1. The van der Waals surface area contributed by atoms with Crippen molar-refractivity contribution < 1.29 is 23.8 Å². The van der Waals surface area contributed by atoms with E-state index in [-0.39, 0.29) is 6.61 Å². The Labute approximate surface area is 157 Å². The van der Waals surface area contributed by atoms with Crippen LogP contribution in [-0.2, 0) is 16.0 Å². The Hall–Kier alpha value is -2.83. The summed E-state index contributed by atoms with van der Waals surface area (Å²) in [6, 6.07) is 4.05. The van der Waals surface area contributed by atoms with Crippen molar-refractivity contribution in [2.45, 2.75) is 52.5 Å². The van der Waals surface area contributed by atoms with Gasteiger partial charge >= 0.3 is 11.6 Å². The number of fused-ring (bicyclic) bond motifs is 1. The maximum atomic E-state index is 12.1. The fourth-order valence-corrected chi connectivity index (χ4v) is 2.90. The number of benzene rings is 1. The minimum Gasteiger partial charge on any atom is -0.483 e. The number of aliphatic carboxylic acids is 1. The predicted octanol–water partition coefficient (Wildman–Crippen LogP) is 2.80. The number of carbonyl (C=O) groups is 2. The Bertz CT molecular complexity index is 886. The molecule has 2 N–H and O–H groups in total. The normalized spacial score (nSPS) is 12.0. The first-order valence-corrected chi connectivity index (χ1v) is 9.08. The molecule has 1 heterocycles. The number of aryl methyl sites for hydroxylation is 2. The summed E-state index contributed by atoms with van der Waals surface area (Å²) in [6.07, 6.45) is 2.62. The van der Waals surface area contributed by atoms with Crippen LogP contribution in [0.15, 0.2) is 27.4 Å². The van der Waals surface area contributed by atoms with E-state index in [4.69, 9.17) is 9.15 Å². The summed E-state index contributed by atoms with van der Waals surface area (Å²) < 4.78 is 10.8. The number of ether oxygens (including phenoxy) is 1. The van der Waals surface area contributed by atoms with Gasteiger partial charge in [-0.3, -0.25) is 4.79 Å². The molecule has 0 radical (unpaired) electrons. The number of nitrogens with one attached hydrogen (secondary N) is 1. The molecule has 27 heavy (non-hydrogen) atoms. The topological polar surface area (TPSA) is 106 Å². The highest BCUT2D eigenvalue weighted by Gasteiger charge is 2.20. The van der Waals surface area contributed by atoms with Crippen LogP contribution in [0.3, 0.4) is 0 Å². The highest BCUT2D eigenvalue weighted by molar-refractivity contribution is 5.86. The number of carboxylic acids is 1. The maximum absolute atomic E-state index is 12.1. The van der Waals surface area contributed by atoms with Gasteiger partial charge in [-0.15, -0.1) is 0 Å². The van der Waals surface area contributed by atoms with Crippen LogP contribution in [0, 0.1) is 6.92 Å². The molecule has 0 saturated carbocycles. The van der Waals surface area contributed by atoms with Crippen molar-refractivity contribution in [3.8, 4) is 5.75 Å². The summed E-state index contributed by atoms with van der Waals surface area (Å²) in [5.74, 6) is -1.16. The summed E-state index contributed by atoms with van der Waals surface area (Å²) in [7, 11) is 0. The largest absolute Gasteiger partial charge is 0.483 e. The minimum absolute atomic E-state index is 0.319. The standard InChI is InChI=1S/C20H25NO6/c1-4-6-7-15(20(24)25)21-17(22)11-26-16-9-8-14-13(5-2)10-18(23)27-19(14)12(16)3/h8-10,15H,4-7,11H2,1-3H3,(H,21,22)(H,24,25)/t15-/m0/s1. The van der Waals surface area contributed by atoms with E-state index in [1.165, 1.54) is 6.07 Å². The van der Waals surface area contributed by atoms with Gasteiger partial charge in [-0.2, -0.15) is 0 Å². The molecular weight excluding hydrogens is 350 g/mol. The average Bonchev–Trinajstić information content (AvgIpc) is 2.64. The lowest BCUT2D eigenvalue weighted by Gasteiger charge is -2.15. The van der Waals surface area contributed by atoms with Gasteiger partial charge in [0.25, 0.3) is 5.91 Å². The SMILES string of the molecule is CCCC[C@H](NC(=O)COc1ccc2c(CC)cc(=O)oc2c1C)C(=O)O. The molecule has 1 aromatic heterocycles. The van der Waals surface area contributed by atoms with Crippen molar-refractivity contribution in [2.75, 3.05) is 6.61 Å². The van der Waals surface area contributed by atoms with Crippen molar-refractivity contribution in [3.05, 3.63) is 39.7 Å². The molecule has 0 bridgehead atoms. The third-order valence-corrected chi connectivity index (χ3v) is 4.42. The molecule has 146 valence electrons. The van der Waals surface area contributed by atoms with Crippen molar-refractivity contribution in [3.63, 3.8) is 0 Å². The summed E-state index contributed by atoms with van der Waals surface area (Å²) >= 11 is 0. The highest BCUT2D eigenvalue weighted by atomic mass is 16.5. The Kier molecular flexibility index (Phi) is 6.98. The molecule has 1 amide bonds. The number of rotatable bonds is 9. The van der Waals surface area contributed by atoms with E-state index in [2.05, 4.69) is 5.32 Å². The summed E-state index contributed by atoms with van der Waals surface area (Å²) in [5.41, 5.74) is 1.50. The molecule has 1 atom stereocenters. The Morgan fingerprint density at radius 1 is 1.30 bits per heavy atom. The Balaban J connectivity index is 2.12. The third kappa shape index (κ3) is 5.09. The van der Waals surface area contributed by atoms with Gasteiger partial charge in [0.2, 0.25) is 0 Å². The highest BCUT2D eigenvalue weighted by Crippen LogP contribution is 2.28. The monoisotopic (exact) mass is 375 g/mol. The second kappa shape index (κ2) is 9.21. The number of hydrogen-bond acceptors (Lipinski definition) is 5. The van der Waals surface area contributed by atoms with Crippen LogP contribution in [-0.4, -0.2) is 29.6 Å². The fraction of sp³-hybridized carbons (Fsp3) is 0.450. The summed E-state index contributed by atoms with van der Waals surface area (Å²) in [6.45, 7) is 5.34. The van der Waals surface area contributed by atoms with E-state index >= 15 is 0 Å². The molecule has 2 aromatic rings. The number of carbonyl (C=O) groups excluding carboxylic acids is 1. The lowest BCUT2D eigenvalue weighted by atomic mass is 10.0. The van der Waals surface area contributed by atoms with Gasteiger partial charge in [0.15, 0.2) is 6.61 Å². The molecule has 7 heteroatoms. The summed E-state index contributed by atoms with van der Waals surface area (Å²) in [4.78, 5) is 35.0. The van der Waals surface area contributed by atoms with Gasteiger partial charge in [0.1, 0.15) is 17.4 Å². The minimum atomic E-state index is -1.06. The maximum Gasteiger partial charge on any atom is 0.336 e. The molecule has 1 aromatic carbocycles. The Morgan fingerprint density at radius 2 is 2.04 bits per heavy atom. The van der Waals surface area contributed by atoms with Crippen LogP contribution in [0.25, 0.3) is 11.0 Å². The van der Waals surface area contributed by atoms with E-state index < -0.39 is 23.5 Å². The van der Waals surface area contributed by atoms with Gasteiger partial charge in [-0.25, -0.2) is 9.59 Å². The Morgan fingerprint density at radius 3 is 2.67 bits per heavy atom. The van der Waals surface area contributed by atoms with Crippen molar-refractivity contribution in [2.24, 2.45) is 0 Å². The zero-order valence-corrected chi connectivity index (χ0v) is 15.8. The van der Waals surface area contributed by atoms with Crippen LogP contribution < -0.4 is 15.7 Å². The van der Waals surface area contributed by atoms with Crippen LogP contribution >= 0.6 is 0 Å². The van der Waals surface area contributed by atoms with Crippen LogP contribution in [0.4, 0.5) is 0 Å². The van der Waals surface area contributed by atoms with Gasteiger partial charge in [0.05, 0.1) is 0 Å². The predicted molar refractivity (Wildman–Crippen MR) is 101 cm³/mol. The average molecular weight is 375 g/mol. The van der Waals surface area contributed by atoms with Crippen molar-refractivity contribution >= 4 is 22.8 Å². The van der Waals surface area contributed by atoms with Crippen molar-refractivity contribution in [1.29, 1.82) is 0 Å². The first-order chi connectivity index (χ1) is 12.9. The molecule has 0 fully saturated rings. The molecule has 0 aliphatic heterocycles. The summed E-state index contributed by atoms with van der Waals surface area (Å²) in [5, 5.41) is 12.5. The lowest BCUT2D eigenvalue weighted by molar-refractivity contribution is -0.142. The van der Waals surface area contributed by atoms with E-state index in [0.29, 0.717) is 36.2 Å². The molecule has 0 saturated heterocycles. The van der Waals surface area contributed by atoms with Crippen LogP contribution in [0.5, 0.6) is 5.75 Å². The second-order valence-corrected chi connectivity index (χ2v) is 6.40. The first kappa shape index (κ1) is 20.5. The van der Waals surface area contributed by atoms with Crippen LogP contribution in [0.2, 0.25) is 0 Å². The molecule has 0 aliphatic carbocycles. The first-order valence-electron chi connectivity index (χ1n) is 9.08. The van der Waals surface area contributed by atoms with Crippen molar-refractivity contribution in [1.82, 2.24) is 5.32 Å². The van der Waals surface area contributed by atoms with Gasteiger partial charge < -0.3 is 19.6 Å². The second-order valence-electron chi connectivity index (χ2n) is 6.40. The van der Waals surface area contributed by atoms with Crippen LogP contribution in [0.1, 0.15) is 44.2 Å². The van der Waals surface area contributed by atoms with Gasteiger partial charge in [0, 0.05) is 17.0 Å².